The lowest BCUT2D eigenvalue weighted by Gasteiger charge is -2.27. The fourth-order valence-corrected chi connectivity index (χ4v) is 10.8. The minimum Gasteiger partial charge on any atom is -0.508 e. The van der Waals surface area contributed by atoms with Gasteiger partial charge in [0.1, 0.15) is 42.0 Å². The molecule has 3 aliphatic heterocycles. The number of phenolic OH excluding ortho intramolecular Hbond substituents is 1. The van der Waals surface area contributed by atoms with Crippen molar-refractivity contribution < 1.29 is 60.3 Å². The monoisotopic (exact) mass is 865 g/mol. The summed E-state index contributed by atoms with van der Waals surface area (Å²) in [6, 6.07) is 12.8. The Morgan fingerprint density at radius 2 is 1.59 bits per heavy atom. The number of nitrogens with one attached hydrogen (secondary N) is 1. The standard InChI is InChI=1S/C33H31F2N7O13P2S/c34-23-20-11-50-56(47,48)54-27-21(53-31(24(27)35)42-22(44)9-10-37-33(42)46)12-51-57(49,55-28(23)32(52-20)41-15-40-25-29(36)38-14-39-30(25)41)58-13-16-1-3-17(4-2-16)26(45)18-5-7-19(43)8-6-18/h1-10,14-15,20-21,23-24,27-28,31-32,43H,11-13H2,(H,37,46)(H,47,48)(H2,36,38,39)/t20-,21-,23-,24?,27-,28-,31?,32?,57?/m1/s1. The van der Waals surface area contributed by atoms with E-state index in [1.54, 1.807) is 12.1 Å². The number of ketones is 1. The molecule has 2 bridgehead atoms. The number of nitrogens with zero attached hydrogens (tertiary/aromatic N) is 5. The number of nitrogen functional groups attached to an aromatic ring is 1. The maximum absolute atomic E-state index is 16.5. The average Bonchev–Trinajstić information content (AvgIpc) is 3.86. The molecular weight excluding hydrogens is 834 g/mol. The molecule has 0 saturated carbocycles. The maximum atomic E-state index is 16.5. The maximum Gasteiger partial charge on any atom is 0.472 e. The van der Waals surface area contributed by atoms with Crippen LogP contribution in [0.4, 0.5) is 14.6 Å². The number of benzene rings is 2. The van der Waals surface area contributed by atoms with Crippen LogP contribution < -0.4 is 17.0 Å². The van der Waals surface area contributed by atoms with Crippen molar-refractivity contribution in [1.82, 2.24) is 29.1 Å². The fraction of sp³-hybridized carbons (Fsp3) is 0.333. The van der Waals surface area contributed by atoms with Crippen molar-refractivity contribution in [2.45, 2.75) is 55.0 Å². The molecule has 3 fully saturated rings. The fourth-order valence-electron chi connectivity index (χ4n) is 6.51. The molecule has 306 valence electrons. The molecule has 5 N–H and O–H groups in total. The van der Waals surface area contributed by atoms with Gasteiger partial charge in [-0.3, -0.25) is 32.3 Å². The molecule has 0 aliphatic carbocycles. The third-order valence-corrected chi connectivity index (χ3v) is 14.0. The largest absolute Gasteiger partial charge is 0.508 e. The summed E-state index contributed by atoms with van der Waals surface area (Å²) in [4.78, 5) is 63.3. The zero-order valence-corrected chi connectivity index (χ0v) is 32.0. The molecule has 5 aromatic rings. The van der Waals surface area contributed by atoms with E-state index in [1.165, 1.54) is 47.3 Å². The number of carbonyl (C=O) groups is 1. The molecule has 25 heteroatoms. The van der Waals surface area contributed by atoms with Crippen LogP contribution in [0.25, 0.3) is 11.2 Å². The number of phenols is 1. The number of aromatic hydroxyl groups is 1. The summed E-state index contributed by atoms with van der Waals surface area (Å²) in [6.45, 7) is -6.57. The van der Waals surface area contributed by atoms with Crippen LogP contribution in [0.5, 0.6) is 5.75 Å². The van der Waals surface area contributed by atoms with Crippen molar-refractivity contribution in [3.05, 3.63) is 111 Å². The van der Waals surface area contributed by atoms with Crippen LogP contribution in [0.1, 0.15) is 33.9 Å². The Hall–Kier alpha value is -4.67. The minimum absolute atomic E-state index is 0.0110. The highest BCUT2D eigenvalue weighted by atomic mass is 32.7. The van der Waals surface area contributed by atoms with Crippen LogP contribution >= 0.6 is 26.0 Å². The predicted molar refractivity (Wildman–Crippen MR) is 197 cm³/mol. The summed E-state index contributed by atoms with van der Waals surface area (Å²) >= 11 is 0.573. The quantitative estimate of drug-likeness (QED) is 0.135. The molecule has 20 nitrogen and oxygen atoms in total. The van der Waals surface area contributed by atoms with Crippen LogP contribution in [-0.2, 0) is 42.5 Å². The van der Waals surface area contributed by atoms with Gasteiger partial charge in [-0.25, -0.2) is 42.2 Å². The van der Waals surface area contributed by atoms with Crippen LogP contribution in [0.3, 0.4) is 0 Å². The lowest BCUT2D eigenvalue weighted by molar-refractivity contribution is -0.0624. The van der Waals surface area contributed by atoms with Gasteiger partial charge < -0.3 is 30.2 Å². The normalized spacial score (nSPS) is 31.6. The number of phosphoric acid groups is 1. The Labute approximate surface area is 328 Å². The van der Waals surface area contributed by atoms with Crippen molar-refractivity contribution >= 4 is 48.8 Å². The Bertz CT molecular complexity index is 2540. The van der Waals surface area contributed by atoms with Gasteiger partial charge in [-0.05, 0) is 41.2 Å². The third kappa shape index (κ3) is 7.90. The van der Waals surface area contributed by atoms with Crippen molar-refractivity contribution in [3.63, 3.8) is 0 Å². The van der Waals surface area contributed by atoms with Gasteiger partial charge in [0.25, 0.3) is 5.56 Å². The van der Waals surface area contributed by atoms with Crippen LogP contribution in [0, 0.1) is 0 Å². The zero-order chi connectivity index (χ0) is 40.9. The van der Waals surface area contributed by atoms with Gasteiger partial charge in [0.05, 0.1) is 19.5 Å². The van der Waals surface area contributed by atoms with Gasteiger partial charge in [0.15, 0.2) is 42.0 Å². The van der Waals surface area contributed by atoms with E-state index in [0.29, 0.717) is 32.6 Å². The lowest BCUT2D eigenvalue weighted by Crippen LogP contribution is -2.41. The van der Waals surface area contributed by atoms with Crippen molar-refractivity contribution in [2.24, 2.45) is 0 Å². The molecule has 8 rings (SSSR count). The molecule has 0 radical (unpaired) electrons. The molecule has 6 heterocycles. The number of carbonyl (C=O) groups excluding carboxylic acids is 1. The minimum atomic E-state index is -5.31. The van der Waals surface area contributed by atoms with E-state index in [1.807, 2.05) is 0 Å². The number of ether oxygens (including phenoxy) is 2. The molecule has 3 saturated heterocycles. The van der Waals surface area contributed by atoms with Gasteiger partial charge in [0.2, 0.25) is 0 Å². The summed E-state index contributed by atoms with van der Waals surface area (Å²) in [6.07, 6.45) is -12.2. The molecule has 5 unspecified atom stereocenters. The molecule has 58 heavy (non-hydrogen) atoms. The summed E-state index contributed by atoms with van der Waals surface area (Å²) in [5, 5.41) is 9.57. The van der Waals surface area contributed by atoms with E-state index in [9.17, 15) is 33.5 Å². The topological polar surface area (TPSA) is 272 Å². The first-order valence-corrected chi connectivity index (χ1v) is 21.8. The van der Waals surface area contributed by atoms with E-state index in [0.717, 1.165) is 18.6 Å². The number of halogens is 2. The summed E-state index contributed by atoms with van der Waals surface area (Å²) in [5.74, 6) is -0.502. The molecular formula is C33H31F2N7O13P2S. The molecule has 0 spiro atoms. The number of imidazole rings is 1. The average molecular weight is 866 g/mol. The van der Waals surface area contributed by atoms with Crippen molar-refractivity contribution in [1.29, 1.82) is 0 Å². The molecule has 3 aromatic heterocycles. The van der Waals surface area contributed by atoms with Gasteiger partial charge in [-0.2, -0.15) is 0 Å². The highest BCUT2D eigenvalue weighted by Gasteiger charge is 2.55. The van der Waals surface area contributed by atoms with Crippen LogP contribution in [-0.4, -0.2) is 94.8 Å². The van der Waals surface area contributed by atoms with Crippen molar-refractivity contribution in [3.8, 4) is 5.75 Å². The number of rotatable bonds is 7. The lowest BCUT2D eigenvalue weighted by atomic mass is 10.0. The predicted octanol–water partition coefficient (Wildman–Crippen LogP) is 3.33. The van der Waals surface area contributed by atoms with E-state index < -0.39 is 88.3 Å². The van der Waals surface area contributed by atoms with Gasteiger partial charge >= 0.3 is 20.3 Å². The second-order valence-corrected chi connectivity index (χ2v) is 18.5. The highest BCUT2D eigenvalue weighted by Crippen LogP contribution is 2.65. The molecule has 10 atom stereocenters. The summed E-state index contributed by atoms with van der Waals surface area (Å²) < 4.78 is 96.0. The smallest absolute Gasteiger partial charge is 0.472 e. The Balaban J connectivity index is 1.12. The van der Waals surface area contributed by atoms with Crippen LogP contribution in [0.2, 0.25) is 0 Å². The number of H-pyrrole nitrogens is 1. The number of aromatic nitrogens is 6. The number of nitrogens with two attached hydrogens (primary N) is 1. The third-order valence-electron chi connectivity index (χ3n) is 9.38. The number of phosphoric ester groups is 1. The first-order chi connectivity index (χ1) is 27.7. The zero-order valence-electron chi connectivity index (χ0n) is 29.4. The molecule has 2 aromatic carbocycles. The number of aromatic amines is 1. The first-order valence-electron chi connectivity index (χ1n) is 17.2. The van der Waals surface area contributed by atoms with E-state index in [-0.39, 0.29) is 34.3 Å². The van der Waals surface area contributed by atoms with Crippen LogP contribution in [0.15, 0.2) is 83.0 Å². The first kappa shape index (κ1) is 40.1. The number of fused-ring (bicyclic) bond motifs is 4. The second kappa shape index (κ2) is 15.8. The number of alkyl halides is 2. The van der Waals surface area contributed by atoms with E-state index >= 15 is 8.78 Å². The summed E-state index contributed by atoms with van der Waals surface area (Å²) in [7, 11) is -5.31. The Morgan fingerprint density at radius 1 is 0.897 bits per heavy atom. The van der Waals surface area contributed by atoms with Crippen molar-refractivity contribution in [2.75, 3.05) is 18.9 Å². The summed E-state index contributed by atoms with van der Waals surface area (Å²) in [5.41, 5.74) is 5.19. The highest BCUT2D eigenvalue weighted by molar-refractivity contribution is 8.54. The molecule has 3 aliphatic rings. The number of hydrogen-bond donors (Lipinski definition) is 4. The number of hydrogen-bond acceptors (Lipinski definition) is 17. The molecule has 0 amide bonds. The van der Waals surface area contributed by atoms with E-state index in [2.05, 4.69) is 19.9 Å². The number of anilines is 1. The Kier molecular flexibility index (Phi) is 11.0. The Morgan fingerprint density at radius 3 is 2.31 bits per heavy atom. The van der Waals surface area contributed by atoms with Gasteiger partial charge in [-0.15, -0.1) is 0 Å². The SMILES string of the molecule is Nc1ncnc2c1ncn2C1O[C@@H]2COP(=O)(O)O[C@H]3C(F)C(n4c(=O)cc[nH]c4=O)O[C@@H]3COP(=O)(SCc3ccc(C(=O)c4ccc(O)cc4)cc3)O[C@@H]1[C@@H]2F. The van der Waals surface area contributed by atoms with Gasteiger partial charge in [0, 0.05) is 29.1 Å². The second-order valence-electron chi connectivity index (χ2n) is 13.1. The van der Waals surface area contributed by atoms with Gasteiger partial charge in [-0.1, -0.05) is 24.3 Å². The van der Waals surface area contributed by atoms with E-state index in [4.69, 9.17) is 33.3 Å².